The monoisotopic (exact) mass is 320 g/mol. The van der Waals surface area contributed by atoms with E-state index in [-0.39, 0.29) is 5.91 Å². The summed E-state index contributed by atoms with van der Waals surface area (Å²) in [5, 5.41) is 8.67. The van der Waals surface area contributed by atoms with Crippen LogP contribution < -0.4 is 4.74 Å². The number of hydrogen-bond acceptors (Lipinski definition) is 4. The van der Waals surface area contributed by atoms with Crippen LogP contribution in [0.15, 0.2) is 48.5 Å². The third-order valence-electron chi connectivity index (χ3n) is 4.20. The molecule has 0 saturated heterocycles. The molecule has 120 valence electrons. The SMILES string of the molecule is COc1cccc(-c2nnn3c2CN(C)C(=O)c2ccccc2-3)c1. The lowest BCUT2D eigenvalue weighted by atomic mass is 10.1. The van der Waals surface area contributed by atoms with Gasteiger partial charge in [-0.2, -0.15) is 0 Å². The van der Waals surface area contributed by atoms with Gasteiger partial charge in [-0.05, 0) is 24.3 Å². The molecule has 0 radical (unpaired) electrons. The minimum atomic E-state index is -0.0207. The standard InChI is InChI=1S/C18H16N4O2/c1-21-11-16-17(12-6-5-7-13(10-12)24-2)19-20-22(16)15-9-4-3-8-14(15)18(21)23/h3-10H,11H2,1-2H3. The molecular weight excluding hydrogens is 304 g/mol. The summed E-state index contributed by atoms with van der Waals surface area (Å²) in [6, 6.07) is 15.1. The van der Waals surface area contributed by atoms with Crippen LogP contribution in [0.2, 0.25) is 0 Å². The molecule has 2 aromatic carbocycles. The fraction of sp³-hybridized carbons (Fsp3) is 0.167. The van der Waals surface area contributed by atoms with E-state index in [1.165, 1.54) is 0 Å². The highest BCUT2D eigenvalue weighted by atomic mass is 16.5. The zero-order valence-electron chi connectivity index (χ0n) is 13.4. The van der Waals surface area contributed by atoms with E-state index < -0.39 is 0 Å². The summed E-state index contributed by atoms with van der Waals surface area (Å²) in [6.07, 6.45) is 0. The maximum atomic E-state index is 12.6. The molecule has 0 unspecified atom stereocenters. The van der Waals surface area contributed by atoms with Gasteiger partial charge in [0.1, 0.15) is 11.4 Å². The number of carbonyl (C=O) groups is 1. The average Bonchev–Trinajstić information content (AvgIpc) is 3.00. The first kappa shape index (κ1) is 14.4. The Kier molecular flexibility index (Phi) is 3.30. The number of carbonyl (C=O) groups excluding carboxylic acids is 1. The summed E-state index contributed by atoms with van der Waals surface area (Å²) in [6.45, 7) is 0.438. The maximum Gasteiger partial charge on any atom is 0.256 e. The van der Waals surface area contributed by atoms with E-state index in [9.17, 15) is 4.79 Å². The molecule has 0 spiro atoms. The molecule has 4 rings (SSSR count). The molecule has 1 aliphatic heterocycles. The van der Waals surface area contributed by atoms with Crippen LogP contribution in [-0.2, 0) is 6.54 Å². The van der Waals surface area contributed by atoms with Crippen LogP contribution in [0.25, 0.3) is 16.9 Å². The smallest absolute Gasteiger partial charge is 0.256 e. The Labute approximate surface area is 139 Å². The number of methoxy groups -OCH3 is 1. The quantitative estimate of drug-likeness (QED) is 0.728. The van der Waals surface area contributed by atoms with E-state index in [2.05, 4.69) is 10.3 Å². The van der Waals surface area contributed by atoms with Gasteiger partial charge in [0.2, 0.25) is 0 Å². The Morgan fingerprint density at radius 3 is 2.79 bits per heavy atom. The minimum Gasteiger partial charge on any atom is -0.497 e. The highest BCUT2D eigenvalue weighted by molar-refractivity contribution is 5.98. The van der Waals surface area contributed by atoms with Gasteiger partial charge in [0, 0.05) is 12.6 Å². The van der Waals surface area contributed by atoms with Crippen LogP contribution in [0, 0.1) is 0 Å². The number of aromatic nitrogens is 3. The number of benzene rings is 2. The molecule has 6 nitrogen and oxygen atoms in total. The molecule has 1 aliphatic rings. The first-order chi connectivity index (χ1) is 11.7. The van der Waals surface area contributed by atoms with E-state index >= 15 is 0 Å². The van der Waals surface area contributed by atoms with Crippen molar-refractivity contribution in [1.29, 1.82) is 0 Å². The fourth-order valence-electron chi connectivity index (χ4n) is 2.97. The van der Waals surface area contributed by atoms with Crippen LogP contribution in [0.5, 0.6) is 5.75 Å². The van der Waals surface area contributed by atoms with Crippen molar-refractivity contribution in [2.24, 2.45) is 0 Å². The van der Waals surface area contributed by atoms with Crippen LogP contribution in [-0.4, -0.2) is 40.0 Å². The van der Waals surface area contributed by atoms with Gasteiger partial charge in [-0.25, -0.2) is 4.68 Å². The predicted octanol–water partition coefficient (Wildman–Crippen LogP) is 2.53. The van der Waals surface area contributed by atoms with Crippen molar-refractivity contribution < 1.29 is 9.53 Å². The summed E-state index contributed by atoms with van der Waals surface area (Å²) in [4.78, 5) is 14.3. The van der Waals surface area contributed by atoms with E-state index in [1.54, 1.807) is 23.7 Å². The molecule has 1 amide bonds. The van der Waals surface area contributed by atoms with Crippen molar-refractivity contribution in [3.05, 3.63) is 59.8 Å². The molecule has 2 heterocycles. The Balaban J connectivity index is 1.92. The van der Waals surface area contributed by atoms with Crippen molar-refractivity contribution in [3.63, 3.8) is 0 Å². The van der Waals surface area contributed by atoms with Gasteiger partial charge < -0.3 is 9.64 Å². The van der Waals surface area contributed by atoms with Crippen LogP contribution in [0.4, 0.5) is 0 Å². The van der Waals surface area contributed by atoms with Gasteiger partial charge in [0.05, 0.1) is 30.6 Å². The normalized spacial score (nSPS) is 13.2. The summed E-state index contributed by atoms with van der Waals surface area (Å²) >= 11 is 0. The van der Waals surface area contributed by atoms with Gasteiger partial charge in [-0.15, -0.1) is 5.10 Å². The van der Waals surface area contributed by atoms with E-state index in [1.807, 2.05) is 48.5 Å². The number of hydrogen-bond donors (Lipinski definition) is 0. The molecule has 6 heteroatoms. The van der Waals surface area contributed by atoms with Crippen molar-refractivity contribution >= 4 is 5.91 Å². The molecule has 0 fully saturated rings. The van der Waals surface area contributed by atoms with Crippen molar-refractivity contribution in [1.82, 2.24) is 19.9 Å². The molecule has 0 atom stereocenters. The lowest BCUT2D eigenvalue weighted by Gasteiger charge is -2.14. The van der Waals surface area contributed by atoms with Gasteiger partial charge in [0.15, 0.2) is 0 Å². The third kappa shape index (κ3) is 2.15. The molecule has 3 aromatic rings. The number of rotatable bonds is 2. The highest BCUT2D eigenvalue weighted by Gasteiger charge is 2.27. The predicted molar refractivity (Wildman–Crippen MR) is 89.1 cm³/mol. The number of para-hydroxylation sites is 1. The molecule has 24 heavy (non-hydrogen) atoms. The van der Waals surface area contributed by atoms with Gasteiger partial charge in [-0.3, -0.25) is 4.79 Å². The van der Waals surface area contributed by atoms with E-state index in [0.29, 0.717) is 12.1 Å². The Bertz CT molecular complexity index is 932. The number of fused-ring (bicyclic) bond motifs is 3. The fourth-order valence-corrected chi connectivity index (χ4v) is 2.97. The average molecular weight is 320 g/mol. The zero-order chi connectivity index (χ0) is 16.7. The summed E-state index contributed by atoms with van der Waals surface area (Å²) in [7, 11) is 3.42. The summed E-state index contributed by atoms with van der Waals surface area (Å²) < 4.78 is 7.05. The first-order valence-electron chi connectivity index (χ1n) is 7.63. The van der Waals surface area contributed by atoms with E-state index in [0.717, 1.165) is 28.4 Å². The van der Waals surface area contributed by atoms with Crippen LogP contribution >= 0.6 is 0 Å². The largest absolute Gasteiger partial charge is 0.497 e. The molecule has 0 bridgehead atoms. The number of nitrogens with zero attached hydrogens (tertiary/aromatic N) is 4. The third-order valence-corrected chi connectivity index (χ3v) is 4.20. The van der Waals surface area contributed by atoms with Crippen molar-refractivity contribution in [2.45, 2.75) is 6.54 Å². The molecule has 0 aliphatic carbocycles. The minimum absolute atomic E-state index is 0.0207. The Morgan fingerprint density at radius 1 is 1.12 bits per heavy atom. The summed E-state index contributed by atoms with van der Waals surface area (Å²) in [5.74, 6) is 0.736. The Morgan fingerprint density at radius 2 is 1.96 bits per heavy atom. The second-order valence-electron chi connectivity index (χ2n) is 5.71. The lowest BCUT2D eigenvalue weighted by molar-refractivity contribution is 0.0788. The molecular formula is C18H16N4O2. The van der Waals surface area contributed by atoms with Crippen molar-refractivity contribution in [2.75, 3.05) is 14.2 Å². The van der Waals surface area contributed by atoms with Crippen molar-refractivity contribution in [3.8, 4) is 22.7 Å². The zero-order valence-corrected chi connectivity index (χ0v) is 13.4. The summed E-state index contributed by atoms with van der Waals surface area (Å²) in [5.41, 5.74) is 3.93. The van der Waals surface area contributed by atoms with E-state index in [4.69, 9.17) is 4.74 Å². The van der Waals surface area contributed by atoms with Gasteiger partial charge >= 0.3 is 0 Å². The second-order valence-corrected chi connectivity index (χ2v) is 5.71. The van der Waals surface area contributed by atoms with Gasteiger partial charge in [0.25, 0.3) is 5.91 Å². The van der Waals surface area contributed by atoms with Gasteiger partial charge in [-0.1, -0.05) is 29.5 Å². The highest BCUT2D eigenvalue weighted by Crippen LogP contribution is 2.30. The first-order valence-corrected chi connectivity index (χ1v) is 7.63. The number of ether oxygens (including phenoxy) is 1. The second kappa shape index (κ2) is 5.49. The topological polar surface area (TPSA) is 60.3 Å². The molecule has 0 saturated carbocycles. The Hall–Kier alpha value is -3.15. The maximum absolute atomic E-state index is 12.6. The lowest BCUT2D eigenvalue weighted by Crippen LogP contribution is -2.25. The molecule has 0 N–H and O–H groups in total. The van der Waals surface area contributed by atoms with Crippen LogP contribution in [0.3, 0.4) is 0 Å². The van der Waals surface area contributed by atoms with Crippen LogP contribution in [0.1, 0.15) is 16.1 Å². The molecule has 1 aromatic heterocycles. The number of amides is 1.